The van der Waals surface area contributed by atoms with Crippen LogP contribution in [0, 0.1) is 19.8 Å². The van der Waals surface area contributed by atoms with E-state index < -0.39 is 0 Å². The van der Waals surface area contributed by atoms with Gasteiger partial charge in [-0.25, -0.2) is 4.79 Å². The maximum absolute atomic E-state index is 12.4. The third-order valence-electron chi connectivity index (χ3n) is 5.17. The second kappa shape index (κ2) is 8.48. The lowest BCUT2D eigenvalue weighted by Gasteiger charge is -2.31. The summed E-state index contributed by atoms with van der Waals surface area (Å²) < 4.78 is 0. The number of nitrogens with zero attached hydrogens (tertiary/aromatic N) is 3. The first kappa shape index (κ1) is 18.7. The zero-order valence-electron chi connectivity index (χ0n) is 15.3. The lowest BCUT2D eigenvalue weighted by molar-refractivity contribution is 0.131. The van der Waals surface area contributed by atoms with Gasteiger partial charge in [0.15, 0.2) is 0 Å². The maximum atomic E-state index is 12.4. The van der Waals surface area contributed by atoms with E-state index in [2.05, 4.69) is 20.4 Å². The molecule has 1 aliphatic rings. The lowest BCUT2D eigenvalue weighted by Crippen LogP contribution is -2.44. The van der Waals surface area contributed by atoms with Crippen molar-refractivity contribution in [3.05, 3.63) is 17.0 Å². The minimum atomic E-state index is -0.0623. The standard InChI is InChI=1S/C17H31N5O2/c1-12-16(13(2)20-19-12)14(3)21(4)17(24)18-7-10-22-8-5-15(11-23)6-9-22/h14-15,23H,5-11H2,1-4H3,(H,18,24)(H,19,20)/t14-/m1/s1. The van der Waals surface area contributed by atoms with Crippen molar-refractivity contribution in [3.8, 4) is 0 Å². The van der Waals surface area contributed by atoms with Gasteiger partial charge in [0.05, 0.1) is 11.7 Å². The van der Waals surface area contributed by atoms with E-state index in [0.717, 1.165) is 49.4 Å². The van der Waals surface area contributed by atoms with Gasteiger partial charge < -0.3 is 20.2 Å². The molecule has 0 bridgehead atoms. The van der Waals surface area contributed by atoms with E-state index in [9.17, 15) is 4.79 Å². The van der Waals surface area contributed by atoms with E-state index in [4.69, 9.17) is 5.11 Å². The molecule has 0 saturated carbocycles. The Balaban J connectivity index is 1.76. The van der Waals surface area contributed by atoms with Crippen molar-refractivity contribution >= 4 is 6.03 Å². The fourth-order valence-corrected chi connectivity index (χ4v) is 3.38. The zero-order valence-corrected chi connectivity index (χ0v) is 15.3. The van der Waals surface area contributed by atoms with Crippen LogP contribution in [0.3, 0.4) is 0 Å². The SMILES string of the molecule is Cc1n[nH]c(C)c1[C@@H](C)N(C)C(=O)NCCN1CCC(CO)CC1. The molecule has 2 heterocycles. The van der Waals surface area contributed by atoms with Crippen molar-refractivity contribution in [1.82, 2.24) is 25.3 Å². The number of amides is 2. The summed E-state index contributed by atoms with van der Waals surface area (Å²) in [6.45, 7) is 9.75. The summed E-state index contributed by atoms with van der Waals surface area (Å²) in [7, 11) is 1.82. The van der Waals surface area contributed by atoms with E-state index in [1.807, 2.05) is 27.8 Å². The van der Waals surface area contributed by atoms with Gasteiger partial charge >= 0.3 is 6.03 Å². The monoisotopic (exact) mass is 337 g/mol. The van der Waals surface area contributed by atoms with Gasteiger partial charge in [-0.15, -0.1) is 0 Å². The maximum Gasteiger partial charge on any atom is 0.317 e. The molecule has 0 spiro atoms. The molecule has 7 nitrogen and oxygen atoms in total. The van der Waals surface area contributed by atoms with Crippen molar-refractivity contribution < 1.29 is 9.90 Å². The van der Waals surface area contributed by atoms with E-state index in [0.29, 0.717) is 19.1 Å². The molecule has 2 rings (SSSR count). The van der Waals surface area contributed by atoms with Gasteiger partial charge in [-0.1, -0.05) is 0 Å². The number of likely N-dealkylation sites (tertiary alicyclic amines) is 1. The molecule has 0 radical (unpaired) electrons. The number of carbonyl (C=O) groups excluding carboxylic acids is 1. The molecule has 0 aromatic carbocycles. The predicted molar refractivity (Wildman–Crippen MR) is 93.9 cm³/mol. The Kier molecular flexibility index (Phi) is 6.62. The highest BCUT2D eigenvalue weighted by Crippen LogP contribution is 2.23. The van der Waals surface area contributed by atoms with Gasteiger partial charge in [-0.3, -0.25) is 5.10 Å². The van der Waals surface area contributed by atoms with Crippen LogP contribution in [-0.2, 0) is 0 Å². The Labute approximate surface area is 144 Å². The van der Waals surface area contributed by atoms with Gasteiger partial charge in [0.1, 0.15) is 0 Å². The summed E-state index contributed by atoms with van der Waals surface area (Å²) in [4.78, 5) is 16.4. The minimum absolute atomic E-state index is 0.0240. The van der Waals surface area contributed by atoms with E-state index in [1.54, 1.807) is 4.90 Å². The Hall–Kier alpha value is -1.60. The number of rotatable bonds is 6. The lowest BCUT2D eigenvalue weighted by atomic mass is 9.98. The number of carbonyl (C=O) groups is 1. The normalized spacial score (nSPS) is 17.7. The summed E-state index contributed by atoms with van der Waals surface area (Å²) in [6.07, 6.45) is 2.08. The Morgan fingerprint density at radius 2 is 2.12 bits per heavy atom. The molecule has 0 unspecified atom stereocenters. The number of aliphatic hydroxyl groups excluding tert-OH is 1. The number of piperidine rings is 1. The largest absolute Gasteiger partial charge is 0.396 e. The van der Waals surface area contributed by atoms with Gasteiger partial charge in [0.25, 0.3) is 0 Å². The Bertz CT molecular complexity index is 518. The Morgan fingerprint density at radius 1 is 1.46 bits per heavy atom. The summed E-state index contributed by atoms with van der Waals surface area (Å²) in [5.74, 6) is 0.448. The number of hydrogen-bond donors (Lipinski definition) is 3. The second-order valence-corrected chi connectivity index (χ2v) is 6.83. The number of nitrogens with one attached hydrogen (secondary N) is 2. The van der Waals surface area contributed by atoms with Gasteiger partial charge in [0.2, 0.25) is 0 Å². The van der Waals surface area contributed by atoms with Gasteiger partial charge in [-0.05, 0) is 52.6 Å². The van der Waals surface area contributed by atoms with Crippen LogP contribution in [0.1, 0.15) is 42.8 Å². The summed E-state index contributed by atoms with van der Waals surface area (Å²) in [5.41, 5.74) is 3.02. The average molecular weight is 337 g/mol. The third kappa shape index (κ3) is 4.48. The molecule has 0 aliphatic carbocycles. The summed E-state index contributed by atoms with van der Waals surface area (Å²) in [6, 6.07) is -0.0863. The summed E-state index contributed by atoms with van der Waals surface area (Å²) in [5, 5.41) is 19.4. The van der Waals surface area contributed by atoms with Gasteiger partial charge in [-0.2, -0.15) is 5.10 Å². The molecule has 2 amide bonds. The van der Waals surface area contributed by atoms with Crippen LogP contribution < -0.4 is 5.32 Å². The number of aryl methyl sites for hydroxylation is 2. The first-order chi connectivity index (χ1) is 11.4. The number of aromatic amines is 1. The fraction of sp³-hybridized carbons (Fsp3) is 0.765. The number of hydrogen-bond acceptors (Lipinski definition) is 4. The molecule has 1 atom stereocenters. The predicted octanol–water partition coefficient (Wildman–Crippen LogP) is 1.43. The quantitative estimate of drug-likeness (QED) is 0.733. The minimum Gasteiger partial charge on any atom is -0.396 e. The van der Waals surface area contributed by atoms with Crippen LogP contribution in [0.4, 0.5) is 4.79 Å². The molecule has 24 heavy (non-hydrogen) atoms. The van der Waals surface area contributed by atoms with Crippen molar-refractivity contribution in [2.75, 3.05) is 39.8 Å². The van der Waals surface area contributed by atoms with E-state index in [1.165, 1.54) is 0 Å². The van der Waals surface area contributed by atoms with Crippen molar-refractivity contribution in [1.29, 1.82) is 0 Å². The molecule has 7 heteroatoms. The number of aromatic nitrogens is 2. The van der Waals surface area contributed by atoms with Crippen LogP contribution in [0.15, 0.2) is 0 Å². The number of urea groups is 1. The highest BCUT2D eigenvalue weighted by molar-refractivity contribution is 5.74. The molecule has 1 saturated heterocycles. The average Bonchev–Trinajstić information content (AvgIpc) is 2.92. The first-order valence-electron chi connectivity index (χ1n) is 8.79. The van der Waals surface area contributed by atoms with E-state index >= 15 is 0 Å². The number of aliphatic hydroxyl groups is 1. The van der Waals surface area contributed by atoms with Crippen LogP contribution in [0.5, 0.6) is 0 Å². The highest BCUT2D eigenvalue weighted by atomic mass is 16.3. The van der Waals surface area contributed by atoms with Crippen LogP contribution >= 0.6 is 0 Å². The number of H-pyrrole nitrogens is 1. The van der Waals surface area contributed by atoms with Crippen molar-refractivity contribution in [2.45, 2.75) is 39.7 Å². The molecule has 1 aromatic rings. The van der Waals surface area contributed by atoms with Gasteiger partial charge in [0, 0.05) is 38.0 Å². The van der Waals surface area contributed by atoms with E-state index in [-0.39, 0.29) is 12.1 Å². The summed E-state index contributed by atoms with van der Waals surface area (Å²) >= 11 is 0. The van der Waals surface area contributed by atoms with Crippen LogP contribution in [0.25, 0.3) is 0 Å². The highest BCUT2D eigenvalue weighted by Gasteiger charge is 2.22. The molecular formula is C17H31N5O2. The Morgan fingerprint density at radius 3 is 2.67 bits per heavy atom. The van der Waals surface area contributed by atoms with Crippen molar-refractivity contribution in [3.63, 3.8) is 0 Å². The topological polar surface area (TPSA) is 84.5 Å². The molecule has 1 aromatic heterocycles. The molecule has 3 N–H and O–H groups in total. The molecule has 136 valence electrons. The van der Waals surface area contributed by atoms with Crippen LogP contribution in [0.2, 0.25) is 0 Å². The van der Waals surface area contributed by atoms with Crippen molar-refractivity contribution in [2.24, 2.45) is 5.92 Å². The third-order valence-corrected chi connectivity index (χ3v) is 5.17. The smallest absolute Gasteiger partial charge is 0.317 e. The molecule has 1 aliphatic heterocycles. The fourth-order valence-electron chi connectivity index (χ4n) is 3.38. The first-order valence-corrected chi connectivity index (χ1v) is 8.79. The second-order valence-electron chi connectivity index (χ2n) is 6.83. The van der Waals surface area contributed by atoms with Crippen LogP contribution in [-0.4, -0.2) is 71.0 Å². The zero-order chi connectivity index (χ0) is 17.7. The molecular weight excluding hydrogens is 306 g/mol. The molecule has 1 fully saturated rings.